The second kappa shape index (κ2) is 6.92. The van der Waals surface area contributed by atoms with Crippen molar-refractivity contribution in [2.24, 2.45) is 0 Å². The number of methoxy groups -OCH3 is 1. The van der Waals surface area contributed by atoms with Crippen molar-refractivity contribution < 1.29 is 9.47 Å². The van der Waals surface area contributed by atoms with Gasteiger partial charge < -0.3 is 14.8 Å². The predicted molar refractivity (Wildman–Crippen MR) is 83.4 cm³/mol. The Balaban J connectivity index is 2.22. The van der Waals surface area contributed by atoms with Crippen LogP contribution in [0.5, 0.6) is 17.4 Å². The molecule has 5 heteroatoms. The van der Waals surface area contributed by atoms with Crippen molar-refractivity contribution in [2.45, 2.75) is 26.2 Å². The van der Waals surface area contributed by atoms with E-state index in [9.17, 15) is 0 Å². The minimum absolute atomic E-state index is 0.396. The molecule has 0 saturated heterocycles. The zero-order valence-corrected chi connectivity index (χ0v) is 12.9. The summed E-state index contributed by atoms with van der Waals surface area (Å²) in [7, 11) is 3.34. The molecule has 112 valence electrons. The van der Waals surface area contributed by atoms with Gasteiger partial charge in [-0.1, -0.05) is 26.0 Å². The van der Waals surface area contributed by atoms with Gasteiger partial charge in [0.1, 0.15) is 12.1 Å². The molecule has 1 heterocycles. The fourth-order valence-corrected chi connectivity index (χ4v) is 2.00. The van der Waals surface area contributed by atoms with Crippen LogP contribution in [-0.4, -0.2) is 24.1 Å². The standard InChI is InChI=1S/C16H21N3O2/c1-5-11(2)12-6-8-13(9-7-12)21-16-14(20-4)15(17-3)18-10-19-16/h6-11H,5H2,1-4H3,(H,17,18,19). The third kappa shape index (κ3) is 3.42. The van der Waals surface area contributed by atoms with Crippen LogP contribution in [0.25, 0.3) is 0 Å². The summed E-state index contributed by atoms with van der Waals surface area (Å²) in [6.07, 6.45) is 2.56. The maximum absolute atomic E-state index is 5.80. The van der Waals surface area contributed by atoms with Crippen LogP contribution in [0.2, 0.25) is 0 Å². The second-order valence-electron chi connectivity index (χ2n) is 4.79. The molecule has 1 aromatic heterocycles. The Morgan fingerprint density at radius 1 is 1.19 bits per heavy atom. The highest BCUT2D eigenvalue weighted by Crippen LogP contribution is 2.34. The van der Waals surface area contributed by atoms with E-state index in [1.807, 2.05) is 12.1 Å². The zero-order chi connectivity index (χ0) is 15.2. The molecule has 0 aliphatic heterocycles. The van der Waals surface area contributed by atoms with E-state index in [1.165, 1.54) is 11.9 Å². The summed E-state index contributed by atoms with van der Waals surface area (Å²) < 4.78 is 11.1. The van der Waals surface area contributed by atoms with E-state index in [0.29, 0.717) is 23.4 Å². The van der Waals surface area contributed by atoms with Crippen LogP contribution in [0, 0.1) is 0 Å². The van der Waals surface area contributed by atoms with Gasteiger partial charge in [0, 0.05) is 7.05 Å². The number of ether oxygens (including phenoxy) is 2. The van der Waals surface area contributed by atoms with E-state index in [4.69, 9.17) is 9.47 Å². The number of anilines is 1. The molecule has 21 heavy (non-hydrogen) atoms. The number of nitrogens with zero attached hydrogens (tertiary/aromatic N) is 2. The maximum Gasteiger partial charge on any atom is 0.268 e. The largest absolute Gasteiger partial charge is 0.489 e. The Morgan fingerprint density at radius 2 is 1.90 bits per heavy atom. The summed E-state index contributed by atoms with van der Waals surface area (Å²) in [4.78, 5) is 8.22. The first-order valence-corrected chi connectivity index (χ1v) is 7.04. The number of hydrogen-bond acceptors (Lipinski definition) is 5. The summed E-state index contributed by atoms with van der Waals surface area (Å²) in [5, 5.41) is 2.95. The van der Waals surface area contributed by atoms with E-state index >= 15 is 0 Å². The average molecular weight is 287 g/mol. The molecule has 2 rings (SSSR count). The van der Waals surface area contributed by atoms with E-state index in [1.54, 1.807) is 14.2 Å². The molecule has 0 spiro atoms. The lowest BCUT2D eigenvalue weighted by atomic mass is 9.99. The molecule has 0 aliphatic carbocycles. The van der Waals surface area contributed by atoms with Gasteiger partial charge in [0.05, 0.1) is 7.11 Å². The zero-order valence-electron chi connectivity index (χ0n) is 12.9. The van der Waals surface area contributed by atoms with Crippen molar-refractivity contribution >= 4 is 5.82 Å². The van der Waals surface area contributed by atoms with Gasteiger partial charge >= 0.3 is 0 Å². The minimum atomic E-state index is 0.396. The van der Waals surface area contributed by atoms with E-state index in [0.717, 1.165) is 12.2 Å². The van der Waals surface area contributed by atoms with Gasteiger partial charge in [-0.05, 0) is 30.0 Å². The Kier molecular flexibility index (Phi) is 4.98. The smallest absolute Gasteiger partial charge is 0.268 e. The number of benzene rings is 1. The van der Waals surface area contributed by atoms with Crippen LogP contribution >= 0.6 is 0 Å². The molecule has 0 aliphatic rings. The van der Waals surface area contributed by atoms with Crippen LogP contribution in [0.15, 0.2) is 30.6 Å². The van der Waals surface area contributed by atoms with Gasteiger partial charge in [-0.2, -0.15) is 4.98 Å². The fraction of sp³-hybridized carbons (Fsp3) is 0.375. The lowest BCUT2D eigenvalue weighted by molar-refractivity contribution is 0.369. The summed E-state index contributed by atoms with van der Waals surface area (Å²) >= 11 is 0. The molecular formula is C16H21N3O2. The highest BCUT2D eigenvalue weighted by Gasteiger charge is 2.13. The van der Waals surface area contributed by atoms with E-state index < -0.39 is 0 Å². The summed E-state index contributed by atoms with van der Waals surface area (Å²) in [5.74, 6) is 2.75. The Hall–Kier alpha value is -2.30. The molecule has 1 N–H and O–H groups in total. The van der Waals surface area contributed by atoms with Crippen LogP contribution in [0.4, 0.5) is 5.82 Å². The Morgan fingerprint density at radius 3 is 2.48 bits per heavy atom. The van der Waals surface area contributed by atoms with Crippen molar-refractivity contribution in [3.63, 3.8) is 0 Å². The van der Waals surface area contributed by atoms with E-state index in [2.05, 4.69) is 41.3 Å². The van der Waals surface area contributed by atoms with Crippen LogP contribution in [0.3, 0.4) is 0 Å². The molecule has 0 radical (unpaired) electrons. The minimum Gasteiger partial charge on any atom is -0.489 e. The number of aromatic nitrogens is 2. The molecule has 2 aromatic rings. The van der Waals surface area contributed by atoms with Crippen molar-refractivity contribution in [3.8, 4) is 17.4 Å². The lowest BCUT2D eigenvalue weighted by Gasteiger charge is -2.13. The Labute approximate surface area is 125 Å². The summed E-state index contributed by atoms with van der Waals surface area (Å²) in [5.41, 5.74) is 1.30. The monoisotopic (exact) mass is 287 g/mol. The van der Waals surface area contributed by atoms with Crippen LogP contribution < -0.4 is 14.8 Å². The van der Waals surface area contributed by atoms with Gasteiger partial charge in [0.2, 0.25) is 5.75 Å². The third-order valence-corrected chi connectivity index (χ3v) is 3.49. The van der Waals surface area contributed by atoms with Crippen LogP contribution in [0.1, 0.15) is 31.7 Å². The first kappa shape index (κ1) is 15.1. The molecule has 5 nitrogen and oxygen atoms in total. The Bertz CT molecular complexity index is 585. The van der Waals surface area contributed by atoms with E-state index in [-0.39, 0.29) is 0 Å². The van der Waals surface area contributed by atoms with Gasteiger partial charge in [-0.3, -0.25) is 0 Å². The molecule has 1 unspecified atom stereocenters. The second-order valence-corrected chi connectivity index (χ2v) is 4.79. The van der Waals surface area contributed by atoms with Gasteiger partial charge in [0.25, 0.3) is 5.88 Å². The van der Waals surface area contributed by atoms with Gasteiger partial charge in [-0.15, -0.1) is 0 Å². The SMILES string of the molecule is CCC(C)c1ccc(Oc2ncnc(NC)c2OC)cc1. The van der Waals surface area contributed by atoms with Crippen molar-refractivity contribution in [3.05, 3.63) is 36.2 Å². The fourth-order valence-electron chi connectivity index (χ4n) is 2.00. The number of nitrogens with one attached hydrogen (secondary N) is 1. The molecular weight excluding hydrogens is 266 g/mol. The molecule has 1 aromatic carbocycles. The predicted octanol–water partition coefficient (Wildman–Crippen LogP) is 3.83. The highest BCUT2D eigenvalue weighted by atomic mass is 16.5. The highest BCUT2D eigenvalue weighted by molar-refractivity contribution is 5.55. The first-order chi connectivity index (χ1) is 10.2. The number of hydrogen-bond donors (Lipinski definition) is 1. The summed E-state index contributed by atoms with van der Waals surface area (Å²) in [6, 6.07) is 8.05. The lowest BCUT2D eigenvalue weighted by Crippen LogP contribution is -2.01. The maximum atomic E-state index is 5.80. The van der Waals surface area contributed by atoms with Gasteiger partial charge in [0.15, 0.2) is 5.82 Å². The average Bonchev–Trinajstić information content (AvgIpc) is 2.54. The van der Waals surface area contributed by atoms with Crippen molar-refractivity contribution in [2.75, 3.05) is 19.5 Å². The molecule has 0 fully saturated rings. The van der Waals surface area contributed by atoms with Crippen LogP contribution in [-0.2, 0) is 0 Å². The van der Waals surface area contributed by atoms with Crippen molar-refractivity contribution in [1.82, 2.24) is 9.97 Å². The molecule has 0 amide bonds. The van der Waals surface area contributed by atoms with Gasteiger partial charge in [-0.25, -0.2) is 4.98 Å². The number of rotatable bonds is 6. The topological polar surface area (TPSA) is 56.3 Å². The molecule has 0 saturated carbocycles. The quantitative estimate of drug-likeness (QED) is 0.875. The molecule has 0 bridgehead atoms. The molecule has 1 atom stereocenters. The normalized spacial score (nSPS) is 11.8. The van der Waals surface area contributed by atoms with Crippen molar-refractivity contribution in [1.29, 1.82) is 0 Å². The summed E-state index contributed by atoms with van der Waals surface area (Å²) in [6.45, 7) is 4.39. The first-order valence-electron chi connectivity index (χ1n) is 7.04. The third-order valence-electron chi connectivity index (χ3n) is 3.49.